The maximum absolute atomic E-state index is 11.2. The number of aliphatic carboxylic acids is 1. The first-order valence-electron chi connectivity index (χ1n) is 6.70. The van der Waals surface area contributed by atoms with Crippen LogP contribution in [0.3, 0.4) is 0 Å². The third-order valence-corrected chi connectivity index (χ3v) is 2.71. The van der Waals surface area contributed by atoms with E-state index in [-0.39, 0.29) is 6.04 Å². The van der Waals surface area contributed by atoms with Crippen molar-refractivity contribution in [2.45, 2.75) is 32.4 Å². The largest absolute Gasteiger partial charge is 0.480 e. The number of nitrogens with one attached hydrogen (secondary N) is 1. The molecule has 6 heteroatoms. The Balaban J connectivity index is 4.32. The molecule has 19 heavy (non-hydrogen) atoms. The van der Waals surface area contributed by atoms with Crippen LogP contribution in [0, 0.1) is 0 Å². The van der Waals surface area contributed by atoms with Gasteiger partial charge in [0.15, 0.2) is 0 Å². The van der Waals surface area contributed by atoms with Gasteiger partial charge in [-0.3, -0.25) is 9.69 Å². The molecule has 0 aromatic rings. The Kier molecular flexibility index (Phi) is 10.8. The lowest BCUT2D eigenvalue weighted by Crippen LogP contribution is -2.49. The summed E-state index contributed by atoms with van der Waals surface area (Å²) >= 11 is 0. The molecule has 114 valence electrons. The normalized spacial score (nSPS) is 13.2. The van der Waals surface area contributed by atoms with Crippen LogP contribution in [0.5, 0.6) is 0 Å². The van der Waals surface area contributed by atoms with E-state index >= 15 is 0 Å². The molecule has 6 nitrogen and oxygen atoms in total. The van der Waals surface area contributed by atoms with Gasteiger partial charge in [0, 0.05) is 46.5 Å². The predicted molar refractivity (Wildman–Crippen MR) is 74.5 cm³/mol. The molecule has 0 aliphatic carbocycles. The molecule has 0 spiro atoms. The van der Waals surface area contributed by atoms with Gasteiger partial charge in [0.1, 0.15) is 6.04 Å². The Morgan fingerprint density at radius 1 is 1.21 bits per heavy atom. The third kappa shape index (κ3) is 9.84. The lowest BCUT2D eigenvalue weighted by Gasteiger charge is -2.27. The molecular weight excluding hydrogens is 248 g/mol. The Hall–Kier alpha value is -0.690. The van der Waals surface area contributed by atoms with Gasteiger partial charge in [-0.05, 0) is 6.42 Å². The number of carboxylic acid groups (broad SMARTS) is 1. The fourth-order valence-corrected chi connectivity index (χ4v) is 1.81. The van der Waals surface area contributed by atoms with Gasteiger partial charge in [-0.25, -0.2) is 0 Å². The molecule has 1 unspecified atom stereocenters. The third-order valence-electron chi connectivity index (χ3n) is 2.71. The van der Waals surface area contributed by atoms with Crippen LogP contribution in [0.2, 0.25) is 0 Å². The summed E-state index contributed by atoms with van der Waals surface area (Å²) in [5.41, 5.74) is 0. The zero-order chi connectivity index (χ0) is 14.7. The quantitative estimate of drug-likeness (QED) is 0.504. The van der Waals surface area contributed by atoms with Crippen LogP contribution in [0.1, 0.15) is 20.3 Å². The summed E-state index contributed by atoms with van der Waals surface area (Å²) in [6, 6.07) is -0.413. The fraction of sp³-hybridized carbons (Fsp3) is 0.923. The molecule has 0 saturated heterocycles. The first kappa shape index (κ1) is 18.3. The molecule has 1 atom stereocenters. The zero-order valence-electron chi connectivity index (χ0n) is 12.5. The van der Waals surface area contributed by atoms with Crippen molar-refractivity contribution in [1.29, 1.82) is 0 Å². The number of methoxy groups -OCH3 is 2. The average molecular weight is 276 g/mol. The summed E-state index contributed by atoms with van der Waals surface area (Å²) in [4.78, 5) is 13.3. The van der Waals surface area contributed by atoms with Crippen LogP contribution in [0.15, 0.2) is 0 Å². The number of carbonyl (C=O) groups is 1. The van der Waals surface area contributed by atoms with Gasteiger partial charge in [0.2, 0.25) is 0 Å². The van der Waals surface area contributed by atoms with Gasteiger partial charge in [-0.1, -0.05) is 13.8 Å². The van der Waals surface area contributed by atoms with Gasteiger partial charge < -0.3 is 19.9 Å². The van der Waals surface area contributed by atoms with E-state index < -0.39 is 12.0 Å². The van der Waals surface area contributed by atoms with Crippen LogP contribution >= 0.6 is 0 Å². The van der Waals surface area contributed by atoms with E-state index in [0.717, 1.165) is 19.5 Å². The maximum Gasteiger partial charge on any atom is 0.322 e. The molecule has 0 aromatic carbocycles. The highest BCUT2D eigenvalue weighted by Gasteiger charge is 2.21. The van der Waals surface area contributed by atoms with Crippen molar-refractivity contribution >= 4 is 5.97 Å². The first-order chi connectivity index (χ1) is 9.01. The van der Waals surface area contributed by atoms with E-state index in [1.807, 2.05) is 13.8 Å². The Morgan fingerprint density at radius 3 is 2.32 bits per heavy atom. The highest BCUT2D eigenvalue weighted by Crippen LogP contribution is 1.98. The lowest BCUT2D eigenvalue weighted by atomic mass is 10.2. The summed E-state index contributed by atoms with van der Waals surface area (Å²) in [6.07, 6.45) is 0.883. The van der Waals surface area contributed by atoms with E-state index in [1.165, 1.54) is 0 Å². The Labute approximate surface area is 116 Å². The van der Waals surface area contributed by atoms with Crippen molar-refractivity contribution in [2.75, 3.05) is 47.1 Å². The minimum atomic E-state index is -0.817. The van der Waals surface area contributed by atoms with E-state index in [9.17, 15) is 9.90 Å². The smallest absolute Gasteiger partial charge is 0.322 e. The number of carboxylic acids is 1. The van der Waals surface area contributed by atoms with Crippen LogP contribution in [-0.4, -0.2) is 75.1 Å². The number of hydrogen-bond donors (Lipinski definition) is 2. The van der Waals surface area contributed by atoms with Crippen molar-refractivity contribution in [3.05, 3.63) is 0 Å². The van der Waals surface area contributed by atoms with Crippen LogP contribution < -0.4 is 5.32 Å². The molecule has 0 fully saturated rings. The van der Waals surface area contributed by atoms with Crippen molar-refractivity contribution in [2.24, 2.45) is 0 Å². The molecule has 0 radical (unpaired) electrons. The van der Waals surface area contributed by atoms with Gasteiger partial charge in [-0.2, -0.15) is 0 Å². The van der Waals surface area contributed by atoms with E-state index in [4.69, 9.17) is 9.47 Å². The van der Waals surface area contributed by atoms with Crippen molar-refractivity contribution in [1.82, 2.24) is 10.2 Å². The minimum absolute atomic E-state index is 0.143. The molecule has 0 aliphatic heterocycles. The standard InChI is InChI=1S/C13H28N2O4/c1-11(2)14-12(13(16)17)10-15(7-9-19-4)6-5-8-18-3/h11-12,14H,5-10H2,1-4H3,(H,16,17). The topological polar surface area (TPSA) is 71.0 Å². The van der Waals surface area contributed by atoms with E-state index in [1.54, 1.807) is 14.2 Å². The second-order valence-corrected chi connectivity index (χ2v) is 4.85. The number of rotatable bonds is 12. The molecule has 0 bridgehead atoms. The number of ether oxygens (including phenoxy) is 2. The molecule has 2 N–H and O–H groups in total. The average Bonchev–Trinajstić information content (AvgIpc) is 2.34. The number of hydrogen-bond acceptors (Lipinski definition) is 5. The number of nitrogens with zero attached hydrogens (tertiary/aromatic N) is 1. The van der Waals surface area contributed by atoms with Crippen LogP contribution in [0.25, 0.3) is 0 Å². The van der Waals surface area contributed by atoms with Gasteiger partial charge in [0.25, 0.3) is 0 Å². The molecular formula is C13H28N2O4. The Bertz CT molecular complexity index is 237. The fourth-order valence-electron chi connectivity index (χ4n) is 1.81. The molecule has 0 saturated carbocycles. The first-order valence-corrected chi connectivity index (χ1v) is 6.70. The monoisotopic (exact) mass is 276 g/mol. The molecule has 0 aliphatic rings. The zero-order valence-corrected chi connectivity index (χ0v) is 12.5. The van der Waals surface area contributed by atoms with Crippen LogP contribution in [0.4, 0.5) is 0 Å². The van der Waals surface area contributed by atoms with Gasteiger partial charge >= 0.3 is 5.97 Å². The van der Waals surface area contributed by atoms with Crippen LogP contribution in [-0.2, 0) is 14.3 Å². The molecule has 0 rings (SSSR count). The minimum Gasteiger partial charge on any atom is -0.480 e. The van der Waals surface area contributed by atoms with Gasteiger partial charge in [-0.15, -0.1) is 0 Å². The van der Waals surface area contributed by atoms with Crippen molar-refractivity contribution in [3.63, 3.8) is 0 Å². The molecule has 0 aromatic heterocycles. The summed E-state index contributed by atoms with van der Waals surface area (Å²) in [7, 11) is 3.31. The molecule has 0 amide bonds. The summed E-state index contributed by atoms with van der Waals surface area (Å²) in [5, 5.41) is 12.3. The second-order valence-electron chi connectivity index (χ2n) is 4.85. The van der Waals surface area contributed by atoms with E-state index in [2.05, 4.69) is 10.2 Å². The SMILES string of the molecule is COCCCN(CCOC)CC(NC(C)C)C(=O)O. The maximum atomic E-state index is 11.2. The molecule has 0 heterocycles. The predicted octanol–water partition coefficient (Wildman–Crippen LogP) is 0.423. The van der Waals surface area contributed by atoms with Crippen molar-refractivity contribution in [3.8, 4) is 0 Å². The van der Waals surface area contributed by atoms with Gasteiger partial charge in [0.05, 0.1) is 6.61 Å². The highest BCUT2D eigenvalue weighted by atomic mass is 16.5. The summed E-state index contributed by atoms with van der Waals surface area (Å²) in [6.45, 7) is 7.17. The summed E-state index contributed by atoms with van der Waals surface area (Å²) < 4.78 is 10.1. The second kappa shape index (κ2) is 11.2. The Morgan fingerprint density at radius 2 is 1.84 bits per heavy atom. The lowest BCUT2D eigenvalue weighted by molar-refractivity contribution is -0.140. The van der Waals surface area contributed by atoms with Crippen molar-refractivity contribution < 1.29 is 19.4 Å². The van der Waals surface area contributed by atoms with E-state index in [0.29, 0.717) is 19.8 Å². The highest BCUT2D eigenvalue weighted by molar-refractivity contribution is 5.73. The summed E-state index contributed by atoms with van der Waals surface area (Å²) in [5.74, 6) is -0.817.